The van der Waals surface area contributed by atoms with E-state index in [-0.39, 0.29) is 29.9 Å². The third-order valence-corrected chi connectivity index (χ3v) is 3.55. The average Bonchev–Trinajstić information content (AvgIpc) is 3.29. The summed E-state index contributed by atoms with van der Waals surface area (Å²) in [5.74, 6) is -0.662. The first-order valence-electron chi connectivity index (χ1n) is 7.50. The van der Waals surface area contributed by atoms with Crippen molar-refractivity contribution < 1.29 is 22.8 Å². The summed E-state index contributed by atoms with van der Waals surface area (Å²) in [5, 5.41) is 12.1. The smallest absolute Gasteiger partial charge is 0.324 e. The van der Waals surface area contributed by atoms with E-state index in [1.165, 1.54) is 24.4 Å². The van der Waals surface area contributed by atoms with Crippen LogP contribution in [0.4, 0.5) is 24.7 Å². The van der Waals surface area contributed by atoms with Crippen molar-refractivity contribution in [1.82, 2.24) is 15.0 Å². The van der Waals surface area contributed by atoms with Crippen LogP contribution in [0.2, 0.25) is 0 Å². The molecule has 1 aliphatic rings. The number of rotatable bonds is 5. The maximum Gasteiger partial charge on any atom is 0.418 e. The van der Waals surface area contributed by atoms with Crippen LogP contribution in [0.5, 0.6) is 0 Å². The topological polar surface area (TPSA) is 88.9 Å². The molecule has 0 unspecified atom stereocenters. The summed E-state index contributed by atoms with van der Waals surface area (Å²) in [6, 6.07) is 4.69. The number of carbonyl (C=O) groups excluding carboxylic acids is 2. The van der Waals surface area contributed by atoms with E-state index in [0.717, 1.165) is 23.6 Å². The fraction of sp³-hybridized carbons (Fsp3) is 0.333. The summed E-state index contributed by atoms with van der Waals surface area (Å²) in [4.78, 5) is 23.6. The van der Waals surface area contributed by atoms with Crippen molar-refractivity contribution in [3.8, 4) is 0 Å². The number of para-hydroxylation sites is 1. The van der Waals surface area contributed by atoms with E-state index in [1.807, 2.05) is 0 Å². The molecule has 1 aliphatic carbocycles. The van der Waals surface area contributed by atoms with E-state index in [1.54, 1.807) is 0 Å². The molecule has 0 saturated heterocycles. The molecule has 0 radical (unpaired) electrons. The first-order valence-corrected chi connectivity index (χ1v) is 7.50. The number of aromatic nitrogens is 3. The number of benzene rings is 1. The van der Waals surface area contributed by atoms with Crippen LogP contribution in [0, 0.1) is 5.92 Å². The number of hydrogen-bond donors (Lipinski definition) is 2. The minimum Gasteiger partial charge on any atom is -0.324 e. The minimum atomic E-state index is -4.57. The largest absolute Gasteiger partial charge is 0.418 e. The van der Waals surface area contributed by atoms with Crippen LogP contribution >= 0.6 is 0 Å². The normalized spacial score (nSPS) is 14.2. The molecule has 3 rings (SSSR count). The number of hydrogen-bond acceptors (Lipinski definition) is 4. The van der Waals surface area contributed by atoms with Crippen molar-refractivity contribution in [3.63, 3.8) is 0 Å². The van der Waals surface area contributed by atoms with Crippen LogP contribution in [-0.2, 0) is 22.3 Å². The Morgan fingerprint density at radius 2 is 1.92 bits per heavy atom. The second-order valence-corrected chi connectivity index (χ2v) is 5.66. The fourth-order valence-electron chi connectivity index (χ4n) is 2.18. The second-order valence-electron chi connectivity index (χ2n) is 5.66. The van der Waals surface area contributed by atoms with Gasteiger partial charge in [0.1, 0.15) is 6.54 Å². The Bertz CT molecular complexity index is 798. The van der Waals surface area contributed by atoms with E-state index in [9.17, 15) is 22.8 Å². The van der Waals surface area contributed by atoms with Gasteiger partial charge in [0.2, 0.25) is 11.8 Å². The molecule has 1 saturated carbocycles. The molecule has 2 amide bonds. The van der Waals surface area contributed by atoms with E-state index in [2.05, 4.69) is 20.9 Å². The molecule has 132 valence electrons. The standard InChI is InChI=1S/C15H14F3N5O2/c16-15(17,18)10-3-1-2-4-11(10)19-13(24)8-23-7-12(21-22-23)20-14(25)9-5-6-9/h1-4,7,9H,5-6,8H2,(H,19,24)(H,20,25). The number of anilines is 2. The summed E-state index contributed by atoms with van der Waals surface area (Å²) >= 11 is 0. The summed E-state index contributed by atoms with van der Waals surface area (Å²) in [5.41, 5.74) is -1.26. The zero-order valence-electron chi connectivity index (χ0n) is 12.9. The summed E-state index contributed by atoms with van der Waals surface area (Å²) in [6.45, 7) is -0.335. The highest BCUT2D eigenvalue weighted by molar-refractivity contribution is 5.93. The van der Waals surface area contributed by atoms with Crippen molar-refractivity contribution in [2.45, 2.75) is 25.6 Å². The van der Waals surface area contributed by atoms with Crippen LogP contribution in [0.25, 0.3) is 0 Å². The van der Waals surface area contributed by atoms with E-state index < -0.39 is 17.6 Å². The van der Waals surface area contributed by atoms with Gasteiger partial charge in [-0.2, -0.15) is 13.2 Å². The third kappa shape index (κ3) is 4.34. The van der Waals surface area contributed by atoms with Gasteiger partial charge in [-0.1, -0.05) is 17.3 Å². The number of alkyl halides is 3. The zero-order valence-corrected chi connectivity index (χ0v) is 12.9. The Kier molecular flexibility index (Phi) is 4.43. The zero-order chi connectivity index (χ0) is 18.0. The molecule has 7 nitrogen and oxygen atoms in total. The number of nitrogens with one attached hydrogen (secondary N) is 2. The minimum absolute atomic E-state index is 0.00711. The quantitative estimate of drug-likeness (QED) is 0.863. The Labute approximate surface area is 140 Å². The van der Waals surface area contributed by atoms with Crippen LogP contribution < -0.4 is 10.6 Å². The van der Waals surface area contributed by atoms with Gasteiger partial charge in [0.25, 0.3) is 0 Å². The SMILES string of the molecule is O=C(Cn1cc(NC(=O)C2CC2)nn1)Nc1ccccc1C(F)(F)F. The summed E-state index contributed by atoms with van der Waals surface area (Å²) in [7, 11) is 0. The van der Waals surface area contributed by atoms with Gasteiger partial charge in [0.05, 0.1) is 17.4 Å². The molecule has 0 spiro atoms. The molecule has 0 aliphatic heterocycles. The first kappa shape index (κ1) is 16.9. The highest BCUT2D eigenvalue weighted by Crippen LogP contribution is 2.34. The first-order chi connectivity index (χ1) is 11.8. The Balaban J connectivity index is 1.62. The second kappa shape index (κ2) is 6.54. The van der Waals surface area contributed by atoms with Gasteiger partial charge in [0.15, 0.2) is 5.82 Å². The van der Waals surface area contributed by atoms with Crippen LogP contribution in [0.15, 0.2) is 30.5 Å². The molecule has 0 atom stereocenters. The Hall–Kier alpha value is -2.91. The van der Waals surface area contributed by atoms with Crippen LogP contribution in [0.3, 0.4) is 0 Å². The molecule has 1 heterocycles. The molecular weight excluding hydrogens is 339 g/mol. The van der Waals surface area contributed by atoms with Crippen molar-refractivity contribution in [3.05, 3.63) is 36.0 Å². The van der Waals surface area contributed by atoms with Gasteiger partial charge < -0.3 is 10.6 Å². The highest BCUT2D eigenvalue weighted by atomic mass is 19.4. The molecule has 25 heavy (non-hydrogen) atoms. The molecule has 1 aromatic heterocycles. The van der Waals surface area contributed by atoms with Gasteiger partial charge >= 0.3 is 6.18 Å². The Morgan fingerprint density at radius 3 is 2.60 bits per heavy atom. The van der Waals surface area contributed by atoms with E-state index in [0.29, 0.717) is 0 Å². The number of carbonyl (C=O) groups is 2. The van der Waals surface area contributed by atoms with Crippen molar-refractivity contribution in [2.24, 2.45) is 5.92 Å². The lowest BCUT2D eigenvalue weighted by atomic mass is 10.1. The van der Waals surface area contributed by atoms with Crippen LogP contribution in [0.1, 0.15) is 18.4 Å². The maximum absolute atomic E-state index is 12.9. The summed E-state index contributed by atoms with van der Waals surface area (Å²) < 4.78 is 39.8. The predicted molar refractivity (Wildman–Crippen MR) is 81.4 cm³/mol. The Morgan fingerprint density at radius 1 is 1.20 bits per heavy atom. The van der Waals surface area contributed by atoms with Gasteiger partial charge in [0, 0.05) is 5.92 Å². The monoisotopic (exact) mass is 353 g/mol. The van der Waals surface area contributed by atoms with Crippen molar-refractivity contribution in [2.75, 3.05) is 10.6 Å². The molecule has 1 fully saturated rings. The lowest BCUT2D eigenvalue weighted by Gasteiger charge is -2.13. The van der Waals surface area contributed by atoms with Gasteiger partial charge in [-0.15, -0.1) is 5.10 Å². The lowest BCUT2D eigenvalue weighted by molar-refractivity contribution is -0.137. The van der Waals surface area contributed by atoms with E-state index in [4.69, 9.17) is 0 Å². The molecule has 1 aromatic carbocycles. The molecule has 0 bridgehead atoms. The number of nitrogens with zero attached hydrogens (tertiary/aromatic N) is 3. The van der Waals surface area contributed by atoms with Gasteiger partial charge in [-0.25, -0.2) is 4.68 Å². The highest BCUT2D eigenvalue weighted by Gasteiger charge is 2.33. The van der Waals surface area contributed by atoms with Gasteiger partial charge in [-0.3, -0.25) is 9.59 Å². The summed E-state index contributed by atoms with van der Waals surface area (Å²) in [6.07, 6.45) is -1.56. The average molecular weight is 353 g/mol. The molecule has 2 aromatic rings. The lowest BCUT2D eigenvalue weighted by Crippen LogP contribution is -2.21. The van der Waals surface area contributed by atoms with Crippen LogP contribution in [-0.4, -0.2) is 26.8 Å². The van der Waals surface area contributed by atoms with Crippen molar-refractivity contribution in [1.29, 1.82) is 0 Å². The third-order valence-electron chi connectivity index (χ3n) is 3.55. The van der Waals surface area contributed by atoms with Crippen molar-refractivity contribution >= 4 is 23.3 Å². The van der Waals surface area contributed by atoms with E-state index >= 15 is 0 Å². The molecule has 2 N–H and O–H groups in total. The molecular formula is C15H14F3N5O2. The predicted octanol–water partition coefficient (Wildman–Crippen LogP) is 2.28. The van der Waals surface area contributed by atoms with Gasteiger partial charge in [-0.05, 0) is 25.0 Å². The molecule has 10 heteroatoms. The number of halogens is 3. The fourth-order valence-corrected chi connectivity index (χ4v) is 2.18. The maximum atomic E-state index is 12.9. The number of amides is 2.